The number of benzene rings is 1. The van der Waals surface area contributed by atoms with Gasteiger partial charge in [-0.05, 0) is 51.9 Å². The van der Waals surface area contributed by atoms with Crippen molar-refractivity contribution in [2.75, 3.05) is 20.4 Å². The van der Waals surface area contributed by atoms with Gasteiger partial charge in [-0.15, -0.1) is 11.8 Å². The van der Waals surface area contributed by atoms with Crippen molar-refractivity contribution in [2.45, 2.75) is 24.8 Å². The second kappa shape index (κ2) is 5.76. The van der Waals surface area contributed by atoms with Crippen molar-refractivity contribution in [1.82, 2.24) is 4.90 Å². The summed E-state index contributed by atoms with van der Waals surface area (Å²) < 4.78 is 0. The van der Waals surface area contributed by atoms with Crippen LogP contribution < -0.4 is 0 Å². The van der Waals surface area contributed by atoms with Crippen LogP contribution in [0.15, 0.2) is 29.2 Å². The summed E-state index contributed by atoms with van der Waals surface area (Å²) in [5, 5.41) is 9.39. The minimum Gasteiger partial charge on any atom is -0.481 e. The first-order valence-corrected chi connectivity index (χ1v) is 7.07. The first kappa shape index (κ1) is 15.1. The van der Waals surface area contributed by atoms with E-state index in [0.717, 1.165) is 5.56 Å². The van der Waals surface area contributed by atoms with Crippen molar-refractivity contribution in [3.63, 3.8) is 0 Å². The van der Waals surface area contributed by atoms with Crippen LogP contribution in [0.2, 0.25) is 0 Å². The quantitative estimate of drug-likeness (QED) is 0.832. The average molecular weight is 267 g/mol. The predicted molar refractivity (Wildman–Crippen MR) is 76.1 cm³/mol. The SMILES string of the molecule is CSc1ccc(C(N(C)C)C(C)(C)C(=O)O)cc1. The van der Waals surface area contributed by atoms with E-state index < -0.39 is 11.4 Å². The summed E-state index contributed by atoms with van der Waals surface area (Å²) in [4.78, 5) is 14.6. The van der Waals surface area contributed by atoms with Crippen molar-refractivity contribution >= 4 is 17.7 Å². The molecule has 0 saturated carbocycles. The highest BCUT2D eigenvalue weighted by molar-refractivity contribution is 7.98. The predicted octanol–water partition coefficient (Wildman–Crippen LogP) is 3.12. The first-order chi connectivity index (χ1) is 8.30. The van der Waals surface area contributed by atoms with Crippen LogP contribution in [0.4, 0.5) is 0 Å². The zero-order valence-electron chi connectivity index (χ0n) is 11.6. The molecule has 0 aliphatic rings. The highest BCUT2D eigenvalue weighted by Gasteiger charge is 2.39. The van der Waals surface area contributed by atoms with E-state index in [2.05, 4.69) is 0 Å². The minimum atomic E-state index is -0.829. The molecule has 0 saturated heterocycles. The Bertz CT molecular complexity index is 412. The van der Waals surface area contributed by atoms with Gasteiger partial charge in [0.05, 0.1) is 5.41 Å². The van der Waals surface area contributed by atoms with E-state index in [-0.39, 0.29) is 6.04 Å². The molecule has 1 aromatic carbocycles. The third-order valence-corrected chi connectivity index (χ3v) is 3.93. The van der Waals surface area contributed by atoms with Crippen molar-refractivity contribution in [3.05, 3.63) is 29.8 Å². The number of carbonyl (C=O) groups is 1. The molecule has 1 rings (SSSR count). The molecule has 0 bridgehead atoms. The standard InChI is InChI=1S/C14H21NO2S/c1-14(2,13(16)17)12(15(3)4)10-6-8-11(18-5)9-7-10/h6-9,12H,1-5H3,(H,16,17). The summed E-state index contributed by atoms with van der Waals surface area (Å²) in [5.74, 6) is -0.782. The van der Waals surface area contributed by atoms with Gasteiger partial charge < -0.3 is 10.0 Å². The van der Waals surface area contributed by atoms with Crippen LogP contribution in [0.1, 0.15) is 25.5 Å². The lowest BCUT2D eigenvalue weighted by Gasteiger charge is -2.36. The lowest BCUT2D eigenvalue weighted by atomic mass is 9.80. The van der Waals surface area contributed by atoms with Crippen LogP contribution >= 0.6 is 11.8 Å². The van der Waals surface area contributed by atoms with Crippen molar-refractivity contribution in [3.8, 4) is 0 Å². The van der Waals surface area contributed by atoms with Gasteiger partial charge in [-0.2, -0.15) is 0 Å². The Balaban J connectivity index is 3.16. The number of rotatable bonds is 5. The van der Waals surface area contributed by atoms with E-state index in [4.69, 9.17) is 0 Å². The Morgan fingerprint density at radius 2 is 1.78 bits per heavy atom. The molecule has 0 aromatic heterocycles. The molecule has 1 aromatic rings. The fourth-order valence-corrected chi connectivity index (χ4v) is 2.67. The highest BCUT2D eigenvalue weighted by atomic mass is 32.2. The Labute approximate surface area is 113 Å². The van der Waals surface area contributed by atoms with Crippen molar-refractivity contribution in [2.24, 2.45) is 5.41 Å². The van der Waals surface area contributed by atoms with Crippen LogP contribution in [0.5, 0.6) is 0 Å². The third-order valence-electron chi connectivity index (χ3n) is 3.18. The van der Waals surface area contributed by atoms with Gasteiger partial charge in [0.15, 0.2) is 0 Å². The molecule has 1 N–H and O–H groups in total. The monoisotopic (exact) mass is 267 g/mol. The lowest BCUT2D eigenvalue weighted by molar-refractivity contribution is -0.150. The van der Waals surface area contributed by atoms with Crippen LogP contribution in [-0.2, 0) is 4.79 Å². The van der Waals surface area contributed by atoms with E-state index in [1.165, 1.54) is 4.90 Å². The molecule has 0 spiro atoms. The Morgan fingerprint density at radius 3 is 2.11 bits per heavy atom. The maximum absolute atomic E-state index is 11.4. The number of nitrogens with zero attached hydrogens (tertiary/aromatic N) is 1. The van der Waals surface area contributed by atoms with Gasteiger partial charge >= 0.3 is 5.97 Å². The molecule has 0 aliphatic heterocycles. The normalized spacial score (nSPS) is 13.7. The van der Waals surface area contributed by atoms with Gasteiger partial charge in [-0.1, -0.05) is 12.1 Å². The van der Waals surface area contributed by atoms with Gasteiger partial charge in [0, 0.05) is 10.9 Å². The topological polar surface area (TPSA) is 40.5 Å². The summed E-state index contributed by atoms with van der Waals surface area (Å²) in [7, 11) is 3.83. The molecule has 0 aliphatic carbocycles. The number of thioether (sulfide) groups is 1. The smallest absolute Gasteiger partial charge is 0.311 e. The van der Waals surface area contributed by atoms with Crippen LogP contribution in [0.3, 0.4) is 0 Å². The fraction of sp³-hybridized carbons (Fsp3) is 0.500. The number of carboxylic acids is 1. The summed E-state index contributed by atoms with van der Waals surface area (Å²) >= 11 is 1.68. The summed E-state index contributed by atoms with van der Waals surface area (Å²) in [6.07, 6.45) is 2.03. The molecule has 4 heteroatoms. The van der Waals surface area contributed by atoms with Crippen LogP contribution in [0.25, 0.3) is 0 Å². The molecule has 18 heavy (non-hydrogen) atoms. The zero-order valence-corrected chi connectivity index (χ0v) is 12.4. The average Bonchev–Trinajstić information content (AvgIpc) is 2.29. The molecule has 100 valence electrons. The number of aliphatic carboxylic acids is 1. The number of carboxylic acid groups (broad SMARTS) is 1. The number of hydrogen-bond acceptors (Lipinski definition) is 3. The van der Waals surface area contributed by atoms with Gasteiger partial charge in [0.1, 0.15) is 0 Å². The molecule has 1 unspecified atom stereocenters. The first-order valence-electron chi connectivity index (χ1n) is 5.84. The summed E-state index contributed by atoms with van der Waals surface area (Å²) in [6, 6.07) is 7.96. The molecule has 0 amide bonds. The molecule has 3 nitrogen and oxygen atoms in total. The Hall–Kier alpha value is -1.00. The van der Waals surface area contributed by atoms with E-state index in [9.17, 15) is 9.90 Å². The van der Waals surface area contributed by atoms with Crippen molar-refractivity contribution in [1.29, 1.82) is 0 Å². The van der Waals surface area contributed by atoms with Gasteiger partial charge in [0.25, 0.3) is 0 Å². The van der Waals surface area contributed by atoms with Crippen LogP contribution in [-0.4, -0.2) is 36.3 Å². The fourth-order valence-electron chi connectivity index (χ4n) is 2.26. The Morgan fingerprint density at radius 1 is 1.28 bits per heavy atom. The molecule has 0 fully saturated rings. The third kappa shape index (κ3) is 3.06. The maximum atomic E-state index is 11.4. The second-order valence-corrected chi connectivity index (χ2v) is 6.05. The highest BCUT2D eigenvalue weighted by Crippen LogP contribution is 2.37. The van der Waals surface area contributed by atoms with E-state index >= 15 is 0 Å². The summed E-state index contributed by atoms with van der Waals surface area (Å²) in [5.41, 5.74) is 0.204. The van der Waals surface area contributed by atoms with Gasteiger partial charge in [-0.3, -0.25) is 4.79 Å². The van der Waals surface area contributed by atoms with Crippen molar-refractivity contribution < 1.29 is 9.90 Å². The van der Waals surface area contributed by atoms with E-state index in [1.54, 1.807) is 25.6 Å². The summed E-state index contributed by atoms with van der Waals surface area (Å²) in [6.45, 7) is 3.53. The molecule has 0 heterocycles. The molecular formula is C14H21NO2S. The Kier molecular flexibility index (Phi) is 4.82. The van der Waals surface area contributed by atoms with Gasteiger partial charge in [-0.25, -0.2) is 0 Å². The largest absolute Gasteiger partial charge is 0.481 e. The molecular weight excluding hydrogens is 246 g/mol. The molecule has 1 atom stereocenters. The zero-order chi connectivity index (χ0) is 13.9. The minimum absolute atomic E-state index is 0.147. The van der Waals surface area contributed by atoms with Gasteiger partial charge in [0.2, 0.25) is 0 Å². The molecule has 0 radical (unpaired) electrons. The van der Waals surface area contributed by atoms with Crippen LogP contribution in [0, 0.1) is 5.41 Å². The second-order valence-electron chi connectivity index (χ2n) is 5.17. The van der Waals surface area contributed by atoms with E-state index in [0.29, 0.717) is 0 Å². The maximum Gasteiger partial charge on any atom is 0.311 e. The van der Waals surface area contributed by atoms with E-state index in [1.807, 2.05) is 49.5 Å². The lowest BCUT2D eigenvalue weighted by Crippen LogP contribution is -2.39. The number of hydrogen-bond donors (Lipinski definition) is 1.